The van der Waals surface area contributed by atoms with E-state index < -0.39 is 5.41 Å². The van der Waals surface area contributed by atoms with Crippen LogP contribution in [0.2, 0.25) is 0 Å². The molecular weight excluding hydrogens is 332 g/mol. The Hall–Kier alpha value is -2.50. The summed E-state index contributed by atoms with van der Waals surface area (Å²) in [4.78, 5) is 24.5. The average Bonchev–Trinajstić information content (AvgIpc) is 2.67. The van der Waals surface area contributed by atoms with Crippen molar-refractivity contribution in [2.45, 2.75) is 33.7 Å². The molecule has 1 N–H and O–H groups in total. The lowest BCUT2D eigenvalue weighted by Gasteiger charge is -2.32. The Morgan fingerprint density at radius 1 is 1.31 bits per heavy atom. The van der Waals surface area contributed by atoms with Crippen molar-refractivity contribution in [2.24, 2.45) is 5.41 Å². The zero-order chi connectivity index (χ0) is 19.7. The van der Waals surface area contributed by atoms with Crippen molar-refractivity contribution >= 4 is 12.3 Å². The molecule has 0 saturated carbocycles. The van der Waals surface area contributed by atoms with Crippen molar-refractivity contribution in [3.63, 3.8) is 0 Å². The van der Waals surface area contributed by atoms with Crippen LogP contribution >= 0.6 is 0 Å². The zero-order valence-corrected chi connectivity index (χ0v) is 16.5. The summed E-state index contributed by atoms with van der Waals surface area (Å²) in [5.74, 6) is 0.401. The minimum absolute atomic E-state index is 0.147. The maximum absolute atomic E-state index is 11.7. The summed E-state index contributed by atoms with van der Waals surface area (Å²) in [5, 5.41) is 3.10. The SMILES string of the molecule is CC.COC(=O)C(C)(C)COc1ccc(C2CNC(C=O)=CN2C)cc1. The highest BCUT2D eigenvalue weighted by atomic mass is 16.5. The molecule has 0 saturated heterocycles. The summed E-state index contributed by atoms with van der Waals surface area (Å²) in [6.07, 6.45) is 2.61. The molecule has 0 radical (unpaired) electrons. The van der Waals surface area contributed by atoms with Gasteiger partial charge in [0.25, 0.3) is 0 Å². The Balaban J connectivity index is 0.00000163. The summed E-state index contributed by atoms with van der Waals surface area (Å²) in [6, 6.07) is 7.89. The van der Waals surface area contributed by atoms with E-state index in [2.05, 4.69) is 5.32 Å². The zero-order valence-electron chi connectivity index (χ0n) is 16.5. The quantitative estimate of drug-likeness (QED) is 0.620. The normalized spacial score (nSPS) is 16.5. The van der Waals surface area contributed by atoms with E-state index in [9.17, 15) is 9.59 Å². The number of allylic oxidation sites excluding steroid dienone is 1. The van der Waals surface area contributed by atoms with Gasteiger partial charge >= 0.3 is 5.97 Å². The van der Waals surface area contributed by atoms with Gasteiger partial charge in [-0.15, -0.1) is 0 Å². The van der Waals surface area contributed by atoms with Crippen molar-refractivity contribution in [1.29, 1.82) is 0 Å². The molecule has 2 rings (SSSR count). The summed E-state index contributed by atoms with van der Waals surface area (Å²) in [7, 11) is 3.32. The Morgan fingerprint density at radius 2 is 1.92 bits per heavy atom. The highest BCUT2D eigenvalue weighted by Gasteiger charge is 2.29. The number of methoxy groups -OCH3 is 1. The highest BCUT2D eigenvalue weighted by molar-refractivity contribution is 5.75. The van der Waals surface area contributed by atoms with Gasteiger partial charge in [-0.25, -0.2) is 0 Å². The minimum Gasteiger partial charge on any atom is -0.492 e. The maximum atomic E-state index is 11.7. The second-order valence-corrected chi connectivity index (χ2v) is 6.50. The highest BCUT2D eigenvalue weighted by Crippen LogP contribution is 2.26. The van der Waals surface area contributed by atoms with Gasteiger partial charge in [0.15, 0.2) is 6.29 Å². The number of carbonyl (C=O) groups is 2. The van der Waals surface area contributed by atoms with Gasteiger partial charge in [0, 0.05) is 19.8 Å². The fourth-order valence-electron chi connectivity index (χ4n) is 2.52. The number of benzene rings is 1. The van der Waals surface area contributed by atoms with Crippen molar-refractivity contribution < 1.29 is 19.1 Å². The molecule has 0 amide bonds. The molecular formula is C20H30N2O4. The van der Waals surface area contributed by atoms with Crippen molar-refractivity contribution in [3.05, 3.63) is 41.7 Å². The van der Waals surface area contributed by atoms with E-state index in [0.717, 1.165) is 11.8 Å². The van der Waals surface area contributed by atoms with E-state index in [1.807, 2.05) is 50.1 Å². The Morgan fingerprint density at radius 3 is 2.42 bits per heavy atom. The van der Waals surface area contributed by atoms with Gasteiger partial charge in [0.2, 0.25) is 0 Å². The molecule has 1 atom stereocenters. The van der Waals surface area contributed by atoms with Crippen LogP contribution in [0.15, 0.2) is 36.2 Å². The Labute approximate surface area is 156 Å². The van der Waals surface area contributed by atoms with Crippen LogP contribution < -0.4 is 10.1 Å². The third-order valence-electron chi connectivity index (χ3n) is 4.06. The van der Waals surface area contributed by atoms with Gasteiger partial charge < -0.3 is 19.7 Å². The summed E-state index contributed by atoms with van der Waals surface area (Å²) in [6.45, 7) is 8.48. The molecule has 1 unspecified atom stereocenters. The fraction of sp³-hybridized carbons (Fsp3) is 0.500. The second-order valence-electron chi connectivity index (χ2n) is 6.50. The van der Waals surface area contributed by atoms with Crippen LogP contribution in [-0.4, -0.2) is 44.5 Å². The van der Waals surface area contributed by atoms with E-state index in [1.165, 1.54) is 7.11 Å². The Kier molecular flexibility index (Phi) is 8.16. The molecule has 0 aliphatic carbocycles. The van der Waals surface area contributed by atoms with Crippen LogP contribution in [0.25, 0.3) is 0 Å². The molecule has 26 heavy (non-hydrogen) atoms. The summed E-state index contributed by atoms with van der Waals surface area (Å²) < 4.78 is 10.5. The van der Waals surface area contributed by atoms with Crippen LogP contribution in [-0.2, 0) is 14.3 Å². The molecule has 1 aromatic rings. The number of ether oxygens (including phenoxy) is 2. The molecule has 0 aromatic heterocycles. The topological polar surface area (TPSA) is 67.9 Å². The molecule has 0 bridgehead atoms. The first-order valence-electron chi connectivity index (χ1n) is 8.81. The standard InChI is InChI=1S/C18H24N2O4.C2H6/c1-18(2,17(22)23-4)12-24-15-7-5-13(6-8-15)16-9-19-14(11-21)10-20(16)3;1-2/h5-8,10-11,16,19H,9,12H2,1-4H3;1-2H3. The third-order valence-corrected chi connectivity index (χ3v) is 4.06. The number of nitrogens with one attached hydrogen (secondary N) is 1. The first-order valence-corrected chi connectivity index (χ1v) is 8.81. The van der Waals surface area contributed by atoms with Crippen LogP contribution in [0.1, 0.15) is 39.3 Å². The van der Waals surface area contributed by atoms with Crippen molar-refractivity contribution in [2.75, 3.05) is 27.3 Å². The number of carbonyl (C=O) groups excluding carboxylic acids is 2. The van der Waals surface area contributed by atoms with E-state index >= 15 is 0 Å². The number of nitrogens with zero attached hydrogens (tertiary/aromatic N) is 1. The molecule has 1 aromatic carbocycles. The predicted molar refractivity (Wildman–Crippen MR) is 102 cm³/mol. The van der Waals surface area contributed by atoms with E-state index in [0.29, 0.717) is 18.0 Å². The first-order chi connectivity index (χ1) is 12.4. The lowest BCUT2D eigenvalue weighted by atomic mass is 9.95. The molecule has 1 aliphatic heterocycles. The maximum Gasteiger partial charge on any atom is 0.314 e. The van der Waals surface area contributed by atoms with Crippen LogP contribution in [0.3, 0.4) is 0 Å². The number of aldehydes is 1. The van der Waals surface area contributed by atoms with E-state index in [1.54, 1.807) is 20.0 Å². The third kappa shape index (κ3) is 5.51. The first kappa shape index (κ1) is 21.5. The van der Waals surface area contributed by atoms with Crippen molar-refractivity contribution in [1.82, 2.24) is 10.2 Å². The van der Waals surface area contributed by atoms with Gasteiger partial charge in [-0.05, 0) is 31.5 Å². The van der Waals surface area contributed by atoms with Gasteiger partial charge in [-0.3, -0.25) is 9.59 Å². The van der Waals surface area contributed by atoms with E-state index in [-0.39, 0.29) is 18.6 Å². The number of hydrogen-bond acceptors (Lipinski definition) is 6. The summed E-state index contributed by atoms with van der Waals surface area (Å²) >= 11 is 0. The van der Waals surface area contributed by atoms with Gasteiger partial charge in [0.05, 0.1) is 24.3 Å². The lowest BCUT2D eigenvalue weighted by Crippen LogP contribution is -2.36. The number of hydrogen-bond donors (Lipinski definition) is 1. The number of rotatable bonds is 6. The molecule has 6 heteroatoms. The van der Waals surface area contributed by atoms with Crippen molar-refractivity contribution in [3.8, 4) is 5.75 Å². The molecule has 1 aliphatic rings. The molecule has 6 nitrogen and oxygen atoms in total. The van der Waals surface area contributed by atoms with Crippen LogP contribution in [0.5, 0.6) is 5.75 Å². The van der Waals surface area contributed by atoms with Gasteiger partial charge in [-0.1, -0.05) is 26.0 Å². The smallest absolute Gasteiger partial charge is 0.314 e. The van der Waals surface area contributed by atoms with Crippen LogP contribution in [0.4, 0.5) is 0 Å². The molecule has 144 valence electrons. The van der Waals surface area contributed by atoms with Gasteiger partial charge in [-0.2, -0.15) is 0 Å². The largest absolute Gasteiger partial charge is 0.492 e. The monoisotopic (exact) mass is 362 g/mol. The predicted octanol–water partition coefficient (Wildman–Crippen LogP) is 2.91. The average molecular weight is 362 g/mol. The van der Waals surface area contributed by atoms with Crippen LogP contribution in [0, 0.1) is 5.41 Å². The second kappa shape index (κ2) is 9.85. The van der Waals surface area contributed by atoms with E-state index in [4.69, 9.17) is 9.47 Å². The Bertz CT molecular complexity index is 623. The number of likely N-dealkylation sites (N-methyl/N-ethyl adjacent to an activating group) is 1. The molecule has 0 fully saturated rings. The summed E-state index contributed by atoms with van der Waals surface area (Å²) in [5.41, 5.74) is 1.00. The lowest BCUT2D eigenvalue weighted by molar-refractivity contribution is -0.152. The number of esters is 1. The fourth-order valence-corrected chi connectivity index (χ4v) is 2.52. The van der Waals surface area contributed by atoms with Gasteiger partial charge in [0.1, 0.15) is 12.4 Å². The molecule has 1 heterocycles. The molecule has 0 spiro atoms. The minimum atomic E-state index is -0.697.